The Balaban J connectivity index is 1.24. The van der Waals surface area contributed by atoms with Crippen molar-refractivity contribution in [3.8, 4) is 5.75 Å². The molecular weight excluding hydrogens is 656 g/mol. The van der Waals surface area contributed by atoms with Crippen molar-refractivity contribution in [1.82, 2.24) is 14.5 Å². The fourth-order valence-electron chi connectivity index (χ4n) is 8.93. The number of amides is 1. The van der Waals surface area contributed by atoms with Crippen LogP contribution in [-0.4, -0.2) is 97.7 Å². The van der Waals surface area contributed by atoms with Crippen molar-refractivity contribution in [3.63, 3.8) is 0 Å². The standard InChI is InChI=1S/C39H53ClN4O4S/c1-27-6-4-8-35(43-18-16-42(17-19-43)20-21-47-3)33-12-9-31(33)24-44-25-39(15-5-7-29-22-32(40)11-13-34(29)39)26-48-37-14-10-30(23-36(37)44)38(45)41-49(46)28(27)2/h4,8,10-11,13-14,22-23,27-28,31,33,35H,5-7,9,12,15-21,24-26H2,1-3H3,(H,41,45)/b8-4+/t27?,28?,31?,33?,35?,39-,49?/m0/s1. The Morgan fingerprint density at radius 3 is 2.73 bits per heavy atom. The summed E-state index contributed by atoms with van der Waals surface area (Å²) in [4.78, 5) is 21.3. The number of rotatable bonds is 4. The van der Waals surface area contributed by atoms with Crippen molar-refractivity contribution in [2.75, 3.05) is 71.0 Å². The number of hydrogen-bond acceptors (Lipinski definition) is 7. The van der Waals surface area contributed by atoms with Crippen LogP contribution in [0.3, 0.4) is 0 Å². The number of piperazine rings is 1. The summed E-state index contributed by atoms with van der Waals surface area (Å²) in [5, 5.41) is 0.604. The van der Waals surface area contributed by atoms with Gasteiger partial charge in [-0.3, -0.25) is 14.6 Å². The highest BCUT2D eigenvalue weighted by Gasteiger charge is 2.45. The van der Waals surface area contributed by atoms with E-state index in [2.05, 4.69) is 50.6 Å². The van der Waals surface area contributed by atoms with Gasteiger partial charge in [0.15, 0.2) is 0 Å². The molecule has 2 fully saturated rings. The zero-order chi connectivity index (χ0) is 34.1. The molecule has 2 aliphatic carbocycles. The first kappa shape index (κ1) is 35.1. The third-order valence-electron chi connectivity index (χ3n) is 12.3. The lowest BCUT2D eigenvalue weighted by atomic mass is 9.67. The smallest absolute Gasteiger partial charge is 0.292 e. The molecule has 3 heterocycles. The van der Waals surface area contributed by atoms with Gasteiger partial charge in [-0.15, -0.1) is 0 Å². The molecule has 266 valence electrons. The number of nitrogens with zero attached hydrogens (tertiary/aromatic N) is 3. The summed E-state index contributed by atoms with van der Waals surface area (Å²) in [6.07, 6.45) is 11.2. The van der Waals surface area contributed by atoms with Gasteiger partial charge in [-0.2, -0.15) is 4.72 Å². The van der Waals surface area contributed by atoms with E-state index in [0.29, 0.717) is 30.0 Å². The number of fused-ring (bicyclic) bond motifs is 4. The summed E-state index contributed by atoms with van der Waals surface area (Å²) in [5.41, 5.74) is 3.98. The van der Waals surface area contributed by atoms with E-state index in [1.807, 2.05) is 31.2 Å². The van der Waals surface area contributed by atoms with Crippen LogP contribution in [-0.2, 0) is 27.9 Å². The van der Waals surface area contributed by atoms with E-state index in [1.165, 1.54) is 24.0 Å². The number of nitrogens with one attached hydrogen (secondary N) is 1. The number of benzene rings is 2. The van der Waals surface area contributed by atoms with Gasteiger partial charge in [0.2, 0.25) is 0 Å². The molecular formula is C39H53ClN4O4S. The Morgan fingerprint density at radius 2 is 1.96 bits per heavy atom. The Kier molecular flexibility index (Phi) is 10.9. The molecule has 5 aliphatic rings. The average molecular weight is 709 g/mol. The highest BCUT2D eigenvalue weighted by molar-refractivity contribution is 7.90. The van der Waals surface area contributed by atoms with Crippen LogP contribution >= 0.6 is 11.6 Å². The topological polar surface area (TPSA) is 80.3 Å². The SMILES string of the molecule is COCCN1CCN(C2/C=C/CC(C)C(C)[S+]([O-])NC(=O)c3ccc4c(c3)N(CC3CCC32)C[C@@]2(CCCc3cc(Cl)ccc32)CO4)CC1. The van der Waals surface area contributed by atoms with E-state index in [9.17, 15) is 9.35 Å². The molecule has 1 spiro atoms. The molecule has 2 aromatic carbocycles. The van der Waals surface area contributed by atoms with Crippen LogP contribution in [0.1, 0.15) is 67.4 Å². The predicted octanol–water partition coefficient (Wildman–Crippen LogP) is 5.85. The van der Waals surface area contributed by atoms with Crippen LogP contribution in [0.4, 0.5) is 5.69 Å². The maximum atomic E-state index is 13.6. The van der Waals surface area contributed by atoms with Crippen molar-refractivity contribution in [1.29, 1.82) is 0 Å². The molecule has 6 unspecified atom stereocenters. The predicted molar refractivity (Wildman–Crippen MR) is 198 cm³/mol. The molecule has 1 N–H and O–H groups in total. The van der Waals surface area contributed by atoms with E-state index in [1.54, 1.807) is 7.11 Å². The summed E-state index contributed by atoms with van der Waals surface area (Å²) >= 11 is 4.99. The Bertz CT molecular complexity index is 1520. The Hall–Kier alpha value is -2.27. The second-order valence-corrected chi connectivity index (χ2v) is 17.2. The molecule has 7 atom stereocenters. The first-order chi connectivity index (χ1) is 23.7. The lowest BCUT2D eigenvalue weighted by Gasteiger charge is -2.50. The first-order valence-electron chi connectivity index (χ1n) is 18.4. The Labute approximate surface area is 300 Å². The molecule has 7 rings (SSSR count). The summed E-state index contributed by atoms with van der Waals surface area (Å²) in [6.45, 7) is 12.4. The monoisotopic (exact) mass is 708 g/mol. The fraction of sp³-hybridized carbons (Fsp3) is 0.615. The van der Waals surface area contributed by atoms with E-state index in [4.69, 9.17) is 21.1 Å². The lowest BCUT2D eigenvalue weighted by Crippen LogP contribution is -2.56. The highest BCUT2D eigenvalue weighted by atomic mass is 35.5. The van der Waals surface area contributed by atoms with Gasteiger partial charge in [-0.25, -0.2) is 0 Å². The van der Waals surface area contributed by atoms with Gasteiger partial charge in [0.05, 0.1) is 30.3 Å². The van der Waals surface area contributed by atoms with Gasteiger partial charge in [0.25, 0.3) is 5.91 Å². The van der Waals surface area contributed by atoms with Crippen molar-refractivity contribution in [2.45, 2.75) is 69.1 Å². The molecule has 49 heavy (non-hydrogen) atoms. The maximum Gasteiger partial charge on any atom is 0.292 e. The van der Waals surface area contributed by atoms with Gasteiger partial charge >= 0.3 is 0 Å². The fourth-order valence-corrected chi connectivity index (χ4v) is 10.1. The van der Waals surface area contributed by atoms with Crippen LogP contribution in [0.25, 0.3) is 0 Å². The summed E-state index contributed by atoms with van der Waals surface area (Å²) in [7, 11) is 1.78. The summed E-state index contributed by atoms with van der Waals surface area (Å²) < 4.78 is 28.3. The average Bonchev–Trinajstić information content (AvgIpc) is 3.24. The van der Waals surface area contributed by atoms with Gasteiger partial charge in [0.1, 0.15) is 11.0 Å². The van der Waals surface area contributed by atoms with Gasteiger partial charge in [0, 0.05) is 80.9 Å². The van der Waals surface area contributed by atoms with E-state index < -0.39 is 11.4 Å². The lowest BCUT2D eigenvalue weighted by molar-refractivity contribution is 0.0306. The Morgan fingerprint density at radius 1 is 1.12 bits per heavy atom. The number of methoxy groups -OCH3 is 1. The molecule has 10 heteroatoms. The summed E-state index contributed by atoms with van der Waals surface area (Å²) in [5.74, 6) is 1.74. The van der Waals surface area contributed by atoms with E-state index in [-0.39, 0.29) is 22.5 Å². The molecule has 0 aromatic heterocycles. The van der Waals surface area contributed by atoms with Gasteiger partial charge < -0.3 is 18.9 Å². The minimum absolute atomic E-state index is 0.161. The normalized spacial score (nSPS) is 33.4. The molecule has 2 bridgehead atoms. The number of hydrogen-bond donors (Lipinski definition) is 1. The van der Waals surface area contributed by atoms with Crippen molar-refractivity contribution in [3.05, 3.63) is 70.3 Å². The van der Waals surface area contributed by atoms with Crippen LogP contribution in [0.5, 0.6) is 5.75 Å². The second kappa shape index (κ2) is 15.1. The van der Waals surface area contributed by atoms with E-state index in [0.717, 1.165) is 94.6 Å². The molecule has 1 amide bonds. The van der Waals surface area contributed by atoms with Gasteiger partial charge in [-0.1, -0.05) is 36.7 Å². The zero-order valence-electron chi connectivity index (χ0n) is 29.4. The maximum absolute atomic E-state index is 13.6. The molecule has 1 saturated carbocycles. The van der Waals surface area contributed by atoms with Crippen molar-refractivity contribution >= 4 is 34.6 Å². The summed E-state index contributed by atoms with van der Waals surface area (Å²) in [6, 6.07) is 12.5. The van der Waals surface area contributed by atoms with Crippen molar-refractivity contribution < 1.29 is 18.8 Å². The molecule has 0 radical (unpaired) electrons. The molecule has 2 aromatic rings. The number of carbonyl (C=O) groups excluding carboxylic acids is 1. The van der Waals surface area contributed by atoms with Crippen LogP contribution in [0.15, 0.2) is 48.6 Å². The van der Waals surface area contributed by atoms with E-state index >= 15 is 0 Å². The quantitative estimate of drug-likeness (QED) is 0.316. The molecule has 1 saturated heterocycles. The number of anilines is 1. The number of allylic oxidation sites excluding steroid dienone is 1. The van der Waals surface area contributed by atoms with Gasteiger partial charge in [-0.05, 0) is 98.7 Å². The zero-order valence-corrected chi connectivity index (χ0v) is 30.9. The van der Waals surface area contributed by atoms with Crippen LogP contribution < -0.4 is 14.4 Å². The third-order valence-corrected chi connectivity index (χ3v) is 14.0. The largest absolute Gasteiger partial charge is 0.593 e. The van der Waals surface area contributed by atoms with Crippen molar-refractivity contribution in [2.24, 2.45) is 17.8 Å². The second-order valence-electron chi connectivity index (χ2n) is 15.2. The first-order valence-corrected chi connectivity index (χ1v) is 20.0. The third kappa shape index (κ3) is 7.40. The highest BCUT2D eigenvalue weighted by Crippen LogP contribution is 2.47. The minimum atomic E-state index is -1.51. The molecule has 3 aliphatic heterocycles. The number of carbonyl (C=O) groups is 1. The number of halogens is 1. The number of ether oxygens (including phenoxy) is 2. The minimum Gasteiger partial charge on any atom is -0.593 e. The van der Waals surface area contributed by atoms with Crippen LogP contribution in [0, 0.1) is 17.8 Å². The van der Waals surface area contributed by atoms with Crippen LogP contribution in [0.2, 0.25) is 5.02 Å². The number of aryl methyl sites for hydroxylation is 1. The molecule has 8 nitrogen and oxygen atoms in total.